The predicted molar refractivity (Wildman–Crippen MR) is 104 cm³/mol. The average Bonchev–Trinajstić information content (AvgIpc) is 3.02. The average molecular weight is 416 g/mol. The third-order valence-electron chi connectivity index (χ3n) is 4.78. The molecule has 0 aliphatic carbocycles. The SMILES string of the molecule is O=S(=O)(Oc1ccc2cc3c(cc2c1)oc1ccc2ccccc2c13)C(F)(F)F. The fourth-order valence-corrected chi connectivity index (χ4v) is 3.94. The van der Waals surface area contributed by atoms with Crippen molar-refractivity contribution < 1.29 is 30.2 Å². The first-order chi connectivity index (χ1) is 13.7. The zero-order chi connectivity index (χ0) is 20.4. The van der Waals surface area contributed by atoms with Crippen LogP contribution in [0.25, 0.3) is 43.5 Å². The van der Waals surface area contributed by atoms with E-state index in [0.29, 0.717) is 21.9 Å². The van der Waals surface area contributed by atoms with E-state index in [0.717, 1.165) is 21.5 Å². The highest BCUT2D eigenvalue weighted by molar-refractivity contribution is 7.88. The van der Waals surface area contributed by atoms with Crippen molar-refractivity contribution in [2.24, 2.45) is 0 Å². The van der Waals surface area contributed by atoms with Gasteiger partial charge in [0.05, 0.1) is 0 Å². The van der Waals surface area contributed by atoms with Crippen LogP contribution < -0.4 is 4.18 Å². The Morgan fingerprint density at radius 3 is 2.31 bits per heavy atom. The van der Waals surface area contributed by atoms with Crippen molar-refractivity contribution in [3.8, 4) is 5.75 Å². The van der Waals surface area contributed by atoms with Gasteiger partial charge in [-0.1, -0.05) is 36.4 Å². The topological polar surface area (TPSA) is 56.5 Å². The van der Waals surface area contributed by atoms with Crippen LogP contribution in [0.15, 0.2) is 71.1 Å². The van der Waals surface area contributed by atoms with Gasteiger partial charge in [0, 0.05) is 10.8 Å². The lowest BCUT2D eigenvalue weighted by Gasteiger charge is -2.10. The summed E-state index contributed by atoms with van der Waals surface area (Å²) in [7, 11) is -5.73. The number of halogens is 3. The fourth-order valence-electron chi connectivity index (χ4n) is 3.49. The van der Waals surface area contributed by atoms with Crippen molar-refractivity contribution in [2.45, 2.75) is 5.51 Å². The van der Waals surface area contributed by atoms with Gasteiger partial charge in [-0.25, -0.2) is 0 Å². The van der Waals surface area contributed by atoms with E-state index in [1.54, 1.807) is 6.07 Å². The summed E-state index contributed by atoms with van der Waals surface area (Å²) in [6, 6.07) is 19.2. The number of rotatable bonds is 2. The molecule has 0 spiro atoms. The fraction of sp³-hybridized carbons (Fsp3) is 0.0476. The molecule has 0 N–H and O–H groups in total. The first kappa shape index (κ1) is 17.8. The van der Waals surface area contributed by atoms with Crippen molar-refractivity contribution in [2.75, 3.05) is 0 Å². The van der Waals surface area contributed by atoms with E-state index in [9.17, 15) is 21.6 Å². The number of furan rings is 1. The molecule has 146 valence electrons. The number of alkyl halides is 3. The van der Waals surface area contributed by atoms with Crippen LogP contribution in [0, 0.1) is 0 Å². The molecule has 0 unspecified atom stereocenters. The van der Waals surface area contributed by atoms with Crippen molar-refractivity contribution in [3.63, 3.8) is 0 Å². The van der Waals surface area contributed by atoms with Crippen molar-refractivity contribution in [1.29, 1.82) is 0 Å². The molecule has 0 fully saturated rings. The van der Waals surface area contributed by atoms with E-state index in [2.05, 4.69) is 4.18 Å². The Morgan fingerprint density at radius 2 is 1.52 bits per heavy atom. The summed E-state index contributed by atoms with van der Waals surface area (Å²) in [4.78, 5) is 0. The van der Waals surface area contributed by atoms with Crippen molar-refractivity contribution in [3.05, 3.63) is 66.7 Å². The Balaban J connectivity index is 1.71. The minimum Gasteiger partial charge on any atom is -0.456 e. The van der Waals surface area contributed by atoms with Crippen LogP contribution in [-0.2, 0) is 10.1 Å². The Kier molecular flexibility index (Phi) is 3.61. The first-order valence-corrected chi connectivity index (χ1v) is 9.92. The highest BCUT2D eigenvalue weighted by Crippen LogP contribution is 2.37. The van der Waals surface area contributed by atoms with Gasteiger partial charge in [-0.15, -0.1) is 0 Å². The van der Waals surface area contributed by atoms with Gasteiger partial charge in [-0.3, -0.25) is 0 Å². The van der Waals surface area contributed by atoms with Gasteiger partial charge >= 0.3 is 15.6 Å². The van der Waals surface area contributed by atoms with Gasteiger partial charge in [0.2, 0.25) is 0 Å². The predicted octanol–water partition coefficient (Wildman–Crippen LogP) is 6.12. The van der Waals surface area contributed by atoms with Crippen LogP contribution in [0.4, 0.5) is 13.2 Å². The smallest absolute Gasteiger partial charge is 0.456 e. The molecule has 5 rings (SSSR count). The maximum Gasteiger partial charge on any atom is 0.534 e. The van der Waals surface area contributed by atoms with Gasteiger partial charge in [0.1, 0.15) is 16.9 Å². The summed E-state index contributed by atoms with van der Waals surface area (Å²) in [6.45, 7) is 0. The van der Waals surface area contributed by atoms with E-state index in [-0.39, 0.29) is 0 Å². The summed E-state index contributed by atoms with van der Waals surface area (Å²) in [5.74, 6) is -0.421. The van der Waals surface area contributed by atoms with E-state index in [1.165, 1.54) is 18.2 Å². The van der Waals surface area contributed by atoms with E-state index < -0.39 is 21.4 Å². The monoisotopic (exact) mass is 416 g/mol. The maximum atomic E-state index is 12.6. The highest BCUT2D eigenvalue weighted by Gasteiger charge is 2.48. The second-order valence-electron chi connectivity index (χ2n) is 6.60. The molecular weight excluding hydrogens is 405 g/mol. The standard InChI is InChI=1S/C21H11F3O4S/c22-21(23,24)29(25,26)28-15-7-5-13-10-17-19(11-14(13)9-15)27-18-8-6-12-3-1-2-4-16(12)20(17)18/h1-11H. The number of hydrogen-bond donors (Lipinski definition) is 0. The van der Waals surface area contributed by atoms with Crippen LogP contribution in [0.1, 0.15) is 0 Å². The molecule has 0 saturated carbocycles. The summed E-state index contributed by atoms with van der Waals surface area (Å²) < 4.78 is 70.3. The quantitative estimate of drug-likeness (QED) is 0.257. The summed E-state index contributed by atoms with van der Waals surface area (Å²) in [5.41, 5.74) is -4.27. The van der Waals surface area contributed by atoms with Crippen LogP contribution >= 0.6 is 0 Å². The van der Waals surface area contributed by atoms with E-state index in [4.69, 9.17) is 4.42 Å². The molecule has 0 bridgehead atoms. The van der Waals surface area contributed by atoms with Crippen LogP contribution in [0.2, 0.25) is 0 Å². The van der Waals surface area contributed by atoms with Gasteiger partial charge in [0.15, 0.2) is 0 Å². The van der Waals surface area contributed by atoms with Crippen LogP contribution in [-0.4, -0.2) is 13.9 Å². The minimum atomic E-state index is -5.73. The lowest BCUT2D eigenvalue weighted by atomic mass is 10.0. The molecule has 0 radical (unpaired) electrons. The molecule has 0 amide bonds. The van der Waals surface area contributed by atoms with Gasteiger partial charge in [-0.2, -0.15) is 21.6 Å². The van der Waals surface area contributed by atoms with Gasteiger partial charge in [0.25, 0.3) is 0 Å². The highest BCUT2D eigenvalue weighted by atomic mass is 32.2. The number of fused-ring (bicyclic) bond motifs is 6. The molecule has 5 aromatic rings. The summed E-state index contributed by atoms with van der Waals surface area (Å²) in [6.07, 6.45) is 0. The van der Waals surface area contributed by atoms with Crippen molar-refractivity contribution >= 4 is 53.6 Å². The van der Waals surface area contributed by atoms with E-state index >= 15 is 0 Å². The molecule has 0 aliphatic heterocycles. The largest absolute Gasteiger partial charge is 0.534 e. The third-order valence-corrected chi connectivity index (χ3v) is 5.76. The van der Waals surface area contributed by atoms with Crippen LogP contribution in [0.5, 0.6) is 5.75 Å². The molecule has 0 saturated heterocycles. The minimum absolute atomic E-state index is 0.421. The summed E-state index contributed by atoms with van der Waals surface area (Å²) >= 11 is 0. The van der Waals surface area contributed by atoms with Crippen LogP contribution in [0.3, 0.4) is 0 Å². The normalized spacial score (nSPS) is 12.9. The molecule has 29 heavy (non-hydrogen) atoms. The molecule has 4 nitrogen and oxygen atoms in total. The maximum absolute atomic E-state index is 12.6. The molecule has 1 aromatic heterocycles. The Morgan fingerprint density at radius 1 is 0.759 bits per heavy atom. The first-order valence-electron chi connectivity index (χ1n) is 8.51. The second-order valence-corrected chi connectivity index (χ2v) is 8.14. The molecule has 8 heteroatoms. The molecule has 0 atom stereocenters. The van der Waals surface area contributed by atoms with Crippen molar-refractivity contribution in [1.82, 2.24) is 0 Å². The Hall–Kier alpha value is -3.26. The molecule has 4 aromatic carbocycles. The molecule has 0 aliphatic rings. The number of hydrogen-bond acceptors (Lipinski definition) is 4. The van der Waals surface area contributed by atoms with E-state index in [1.807, 2.05) is 42.5 Å². The zero-order valence-electron chi connectivity index (χ0n) is 14.5. The third kappa shape index (κ3) is 2.79. The Bertz CT molecular complexity index is 1530. The Labute approximate surface area is 162 Å². The molecular formula is C21H11F3O4S. The van der Waals surface area contributed by atoms with Gasteiger partial charge in [-0.05, 0) is 51.9 Å². The number of benzene rings is 4. The lowest BCUT2D eigenvalue weighted by molar-refractivity contribution is -0.0500. The molecule has 1 heterocycles. The zero-order valence-corrected chi connectivity index (χ0v) is 15.3. The van der Waals surface area contributed by atoms with Gasteiger partial charge < -0.3 is 8.60 Å². The lowest BCUT2D eigenvalue weighted by Crippen LogP contribution is -2.28. The summed E-state index contributed by atoms with van der Waals surface area (Å²) in [5, 5.41) is 5.10. The second kappa shape index (κ2) is 5.87.